The minimum Gasteiger partial charge on any atom is -0.493 e. The van der Waals surface area contributed by atoms with Gasteiger partial charge in [-0.15, -0.1) is 0 Å². The van der Waals surface area contributed by atoms with E-state index < -0.39 is 16.0 Å². The third-order valence-electron chi connectivity index (χ3n) is 3.41. The summed E-state index contributed by atoms with van der Waals surface area (Å²) in [4.78, 5) is 15.6. The van der Waals surface area contributed by atoms with Crippen LogP contribution in [0.15, 0.2) is 57.3 Å². The number of aliphatic imine (C=N–C) groups is 1. The van der Waals surface area contributed by atoms with Crippen molar-refractivity contribution in [3.05, 3.63) is 58.0 Å². The van der Waals surface area contributed by atoms with Gasteiger partial charge >= 0.3 is 10.1 Å². The number of hydrogen-bond acceptors (Lipinski definition) is 7. The molecule has 27 heavy (non-hydrogen) atoms. The van der Waals surface area contributed by atoms with Crippen molar-refractivity contribution in [3.8, 4) is 11.5 Å². The molecule has 2 N–H and O–H groups in total. The lowest BCUT2D eigenvalue weighted by Crippen LogP contribution is -2.10. The number of carbonyl (C=O) groups excluding carboxylic acids is 1. The molecule has 1 amide bonds. The summed E-state index contributed by atoms with van der Waals surface area (Å²) in [7, 11) is -2.74. The van der Waals surface area contributed by atoms with Gasteiger partial charge in [0.1, 0.15) is 4.90 Å². The number of nitrogens with zero attached hydrogens (tertiary/aromatic N) is 1. The first-order valence-corrected chi connectivity index (χ1v) is 10.1. The van der Waals surface area contributed by atoms with Crippen LogP contribution in [0.4, 0.5) is 0 Å². The Kier molecular flexibility index (Phi) is 5.45. The topological polar surface area (TPSA) is 108 Å². The van der Waals surface area contributed by atoms with Crippen molar-refractivity contribution in [3.63, 3.8) is 0 Å². The molecule has 0 radical (unpaired) electrons. The van der Waals surface area contributed by atoms with Crippen LogP contribution in [0.2, 0.25) is 5.02 Å². The fourth-order valence-electron chi connectivity index (χ4n) is 2.23. The van der Waals surface area contributed by atoms with Crippen LogP contribution in [0.1, 0.15) is 5.56 Å². The van der Waals surface area contributed by atoms with Gasteiger partial charge in [-0.2, -0.15) is 13.4 Å². The molecule has 1 aliphatic rings. The van der Waals surface area contributed by atoms with Crippen LogP contribution in [0.3, 0.4) is 0 Å². The highest BCUT2D eigenvalue weighted by Gasteiger charge is 2.23. The molecule has 0 aromatic heterocycles. The van der Waals surface area contributed by atoms with Crippen molar-refractivity contribution >= 4 is 50.6 Å². The molecular formula is C17H13ClN2O5S2. The van der Waals surface area contributed by atoms with E-state index in [1.165, 1.54) is 37.5 Å². The Labute approximate surface area is 165 Å². The quantitative estimate of drug-likeness (QED) is 0.580. The number of hydrogen-bond donors (Lipinski definition) is 1. The standard InChI is InChI=1S/C17H13ClN2O5S2/c1-24-13-8-10(9-14-16(21)20-17(19)26-14)7-12(18)15(13)25-27(22,23)11-5-3-2-4-6-11/h2-9H,1H3,(H2,19,20,21)/b14-9+. The monoisotopic (exact) mass is 424 g/mol. The Bertz CT molecular complexity index is 1070. The van der Waals surface area contributed by atoms with Crippen molar-refractivity contribution < 1.29 is 22.1 Å². The Hall–Kier alpha value is -2.49. The molecule has 0 atom stereocenters. The third-order valence-corrected chi connectivity index (χ3v) is 5.74. The first kappa shape index (κ1) is 19.3. The maximum atomic E-state index is 12.4. The number of rotatable bonds is 5. The molecule has 0 aliphatic carbocycles. The number of benzene rings is 2. The van der Waals surface area contributed by atoms with Crippen LogP contribution in [-0.4, -0.2) is 26.6 Å². The van der Waals surface area contributed by atoms with Gasteiger partial charge in [0.15, 0.2) is 10.9 Å². The molecular weight excluding hydrogens is 412 g/mol. The summed E-state index contributed by atoms with van der Waals surface area (Å²) >= 11 is 7.24. The molecule has 1 aliphatic heterocycles. The normalized spacial score (nSPS) is 15.7. The summed E-state index contributed by atoms with van der Waals surface area (Å²) in [5, 5.41) is 0.156. The summed E-state index contributed by atoms with van der Waals surface area (Å²) in [5.41, 5.74) is 6.02. The predicted octanol–water partition coefficient (Wildman–Crippen LogP) is 3.05. The number of nitrogens with two attached hydrogens (primary N) is 1. The Balaban J connectivity index is 1.96. The Morgan fingerprint density at radius 3 is 2.52 bits per heavy atom. The highest BCUT2D eigenvalue weighted by molar-refractivity contribution is 8.18. The molecule has 2 aromatic carbocycles. The molecule has 10 heteroatoms. The highest BCUT2D eigenvalue weighted by Crippen LogP contribution is 2.39. The van der Waals surface area contributed by atoms with Crippen molar-refractivity contribution in [2.45, 2.75) is 4.90 Å². The van der Waals surface area contributed by atoms with Gasteiger partial charge in [-0.3, -0.25) is 4.79 Å². The number of halogens is 1. The number of carbonyl (C=O) groups is 1. The summed E-state index contributed by atoms with van der Waals surface area (Å²) in [6, 6.07) is 10.6. The van der Waals surface area contributed by atoms with Crippen LogP contribution >= 0.6 is 23.4 Å². The van der Waals surface area contributed by atoms with E-state index in [1.54, 1.807) is 18.2 Å². The lowest BCUT2D eigenvalue weighted by atomic mass is 10.2. The van der Waals surface area contributed by atoms with Gasteiger partial charge in [0.25, 0.3) is 5.91 Å². The van der Waals surface area contributed by atoms with E-state index in [0.29, 0.717) is 10.5 Å². The van der Waals surface area contributed by atoms with Crippen molar-refractivity contribution in [1.29, 1.82) is 0 Å². The number of methoxy groups -OCH3 is 1. The molecule has 140 valence electrons. The lowest BCUT2D eigenvalue weighted by Gasteiger charge is -2.13. The zero-order valence-corrected chi connectivity index (χ0v) is 16.3. The third kappa shape index (κ3) is 4.26. The second-order valence-corrected chi connectivity index (χ2v) is 8.27. The van der Waals surface area contributed by atoms with Crippen LogP contribution < -0.4 is 14.7 Å². The van der Waals surface area contributed by atoms with Crippen LogP contribution in [-0.2, 0) is 14.9 Å². The molecule has 0 unspecified atom stereocenters. The molecule has 3 rings (SSSR count). The summed E-state index contributed by atoms with van der Waals surface area (Å²) in [6.45, 7) is 0. The van der Waals surface area contributed by atoms with Crippen LogP contribution in [0.25, 0.3) is 6.08 Å². The van der Waals surface area contributed by atoms with E-state index in [1.807, 2.05) is 0 Å². The molecule has 0 bridgehead atoms. The first-order valence-electron chi connectivity index (χ1n) is 7.45. The molecule has 0 saturated carbocycles. The molecule has 7 nitrogen and oxygen atoms in total. The first-order chi connectivity index (χ1) is 12.8. The number of amidine groups is 1. The van der Waals surface area contributed by atoms with E-state index >= 15 is 0 Å². The van der Waals surface area contributed by atoms with Gasteiger partial charge in [0.05, 0.1) is 17.0 Å². The van der Waals surface area contributed by atoms with Crippen molar-refractivity contribution in [2.24, 2.45) is 10.7 Å². The fraction of sp³-hybridized carbons (Fsp3) is 0.0588. The van der Waals surface area contributed by atoms with Gasteiger partial charge < -0.3 is 14.7 Å². The average Bonchev–Trinajstić information content (AvgIpc) is 2.94. The van der Waals surface area contributed by atoms with Gasteiger partial charge in [-0.1, -0.05) is 29.8 Å². The van der Waals surface area contributed by atoms with Gasteiger partial charge in [0.2, 0.25) is 5.75 Å². The largest absolute Gasteiger partial charge is 0.493 e. The second kappa shape index (κ2) is 7.63. The molecule has 1 heterocycles. The number of amides is 1. The van der Waals surface area contributed by atoms with Gasteiger partial charge in [0, 0.05) is 0 Å². The number of thioether (sulfide) groups is 1. The zero-order valence-electron chi connectivity index (χ0n) is 13.9. The van der Waals surface area contributed by atoms with E-state index in [-0.39, 0.29) is 26.6 Å². The summed E-state index contributed by atoms with van der Waals surface area (Å²) in [6.07, 6.45) is 1.53. The molecule has 2 aromatic rings. The number of ether oxygens (including phenoxy) is 1. The zero-order chi connectivity index (χ0) is 19.6. The fourth-order valence-corrected chi connectivity index (χ4v) is 4.19. The Morgan fingerprint density at radius 1 is 1.22 bits per heavy atom. The molecule has 0 fully saturated rings. The highest BCUT2D eigenvalue weighted by atomic mass is 35.5. The summed E-state index contributed by atoms with van der Waals surface area (Å²) in [5.74, 6) is -0.510. The summed E-state index contributed by atoms with van der Waals surface area (Å²) < 4.78 is 35.3. The predicted molar refractivity (Wildman–Crippen MR) is 104 cm³/mol. The SMILES string of the molecule is COc1cc(/C=C2/SC(N)=NC2=O)cc(Cl)c1OS(=O)(=O)c1ccccc1. The van der Waals surface area contributed by atoms with Gasteiger partial charge in [-0.05, 0) is 47.7 Å². The van der Waals surface area contributed by atoms with Crippen LogP contribution in [0.5, 0.6) is 11.5 Å². The lowest BCUT2D eigenvalue weighted by molar-refractivity contribution is -0.113. The minimum absolute atomic E-state index is 0.00467. The second-order valence-electron chi connectivity index (χ2n) is 5.25. The van der Waals surface area contributed by atoms with E-state index in [0.717, 1.165) is 11.8 Å². The van der Waals surface area contributed by atoms with Crippen molar-refractivity contribution in [2.75, 3.05) is 7.11 Å². The van der Waals surface area contributed by atoms with E-state index in [2.05, 4.69) is 4.99 Å². The average molecular weight is 425 g/mol. The van der Waals surface area contributed by atoms with E-state index in [9.17, 15) is 13.2 Å². The maximum absolute atomic E-state index is 12.4. The molecule has 0 saturated heterocycles. The van der Waals surface area contributed by atoms with Crippen LogP contribution in [0, 0.1) is 0 Å². The minimum atomic E-state index is -4.09. The van der Waals surface area contributed by atoms with E-state index in [4.69, 9.17) is 26.3 Å². The smallest absolute Gasteiger partial charge is 0.339 e. The molecule has 0 spiro atoms. The van der Waals surface area contributed by atoms with Crippen molar-refractivity contribution in [1.82, 2.24) is 0 Å². The Morgan fingerprint density at radius 2 is 1.93 bits per heavy atom. The van der Waals surface area contributed by atoms with Gasteiger partial charge in [-0.25, -0.2) is 0 Å². The maximum Gasteiger partial charge on any atom is 0.339 e.